The quantitative estimate of drug-likeness (QED) is 0.174. The first-order chi connectivity index (χ1) is 20.9. The highest BCUT2D eigenvalue weighted by Gasteiger charge is 2.40. The van der Waals surface area contributed by atoms with Gasteiger partial charge in [0.1, 0.15) is 26.2 Å². The molecule has 2 aromatic carbocycles. The predicted octanol–water partition coefficient (Wildman–Crippen LogP) is 2.34. The topological polar surface area (TPSA) is 79.1 Å². The lowest BCUT2D eigenvalue weighted by Crippen LogP contribution is -3.27. The van der Waals surface area contributed by atoms with Crippen LogP contribution in [0.3, 0.4) is 0 Å². The average Bonchev–Trinajstić information content (AvgIpc) is 3.48. The molecule has 1 saturated heterocycles. The zero-order valence-electron chi connectivity index (χ0n) is 22.8. The zero-order chi connectivity index (χ0) is 31.5. The molecule has 2 N–H and O–H groups in total. The summed E-state index contributed by atoms with van der Waals surface area (Å²) in [6, 6.07) is 17.2. The Hall–Kier alpha value is -4.00. The second kappa shape index (κ2) is 12.9. The molecule has 2 aromatic heterocycles. The minimum absolute atomic E-state index is 0.0591. The maximum Gasteiger partial charge on any atom is 0.453 e. The fourth-order valence-corrected chi connectivity index (χ4v) is 5.07. The van der Waals surface area contributed by atoms with E-state index in [0.29, 0.717) is 46.7 Å². The van der Waals surface area contributed by atoms with E-state index in [1.807, 2.05) is 0 Å². The van der Waals surface area contributed by atoms with Crippen molar-refractivity contribution < 1.29 is 36.1 Å². The highest BCUT2D eigenvalue weighted by Crippen LogP contribution is 2.29. The molecule has 4 aromatic rings. The van der Waals surface area contributed by atoms with Gasteiger partial charge in [0, 0.05) is 0 Å². The van der Waals surface area contributed by atoms with Crippen LogP contribution >= 0.6 is 24.4 Å². The van der Waals surface area contributed by atoms with Gasteiger partial charge in [-0.05, 0) is 35.6 Å². The van der Waals surface area contributed by atoms with Gasteiger partial charge >= 0.3 is 12.4 Å². The summed E-state index contributed by atoms with van der Waals surface area (Å²) in [6.07, 6.45) is -7.02. The fraction of sp³-hybridized carbons (Fsp3) is 0.308. The lowest BCUT2D eigenvalue weighted by atomic mass is 10.2. The number of hydrogen-bond donors (Lipinski definition) is 2. The Morgan fingerprint density at radius 3 is 1.30 bits per heavy atom. The number of quaternary nitrogens is 2. The number of aromatic nitrogens is 6. The number of piperazine rings is 1. The molecule has 0 amide bonds. The standard InChI is InChI=1S/C26H24F6N10S2/c27-25(28,29)21-35-39(23(43)41(21)33-15-19-7-3-1-4-8-19)17-37-11-13-38(14-12-37)18-40-24(44)42(22(36-40)26(30,31)32)34-16-20-9-5-2-6-10-20/h1-10,15-16H,11-14,17-18H2/p+2/b33-15-,34-16?. The van der Waals surface area contributed by atoms with E-state index in [0.717, 1.165) is 19.2 Å². The zero-order valence-corrected chi connectivity index (χ0v) is 24.5. The van der Waals surface area contributed by atoms with E-state index in [-0.39, 0.29) is 22.9 Å². The molecule has 0 aliphatic carbocycles. The van der Waals surface area contributed by atoms with Gasteiger partial charge in [0.2, 0.25) is 9.54 Å². The number of nitrogens with one attached hydrogen (secondary N) is 2. The second-order valence-corrected chi connectivity index (χ2v) is 10.7. The van der Waals surface area contributed by atoms with Gasteiger partial charge in [-0.15, -0.1) is 10.2 Å². The van der Waals surface area contributed by atoms with Gasteiger partial charge in [-0.1, -0.05) is 60.7 Å². The number of benzene rings is 2. The van der Waals surface area contributed by atoms with Crippen LogP contribution in [0, 0.1) is 9.54 Å². The van der Waals surface area contributed by atoms with Crippen molar-refractivity contribution in [3.05, 3.63) is 93.0 Å². The summed E-state index contributed by atoms with van der Waals surface area (Å²) >= 11 is 10.6. The highest BCUT2D eigenvalue weighted by molar-refractivity contribution is 7.71. The van der Waals surface area contributed by atoms with Gasteiger partial charge < -0.3 is 9.80 Å². The van der Waals surface area contributed by atoms with Crippen molar-refractivity contribution in [2.24, 2.45) is 10.2 Å². The fourth-order valence-electron chi connectivity index (χ4n) is 4.59. The summed E-state index contributed by atoms with van der Waals surface area (Å²) in [5.74, 6) is -2.47. The molecule has 1 fully saturated rings. The molecule has 0 bridgehead atoms. The van der Waals surface area contributed by atoms with Crippen molar-refractivity contribution in [3.8, 4) is 0 Å². The first-order valence-corrected chi connectivity index (χ1v) is 14.1. The van der Waals surface area contributed by atoms with E-state index < -0.39 is 24.0 Å². The van der Waals surface area contributed by atoms with Gasteiger partial charge in [-0.3, -0.25) is 0 Å². The number of hydrogen-bond acceptors (Lipinski definition) is 6. The van der Waals surface area contributed by atoms with Gasteiger partial charge in [-0.25, -0.2) is 0 Å². The lowest BCUT2D eigenvalue weighted by molar-refractivity contribution is -1.03. The van der Waals surface area contributed by atoms with Crippen LogP contribution in [0.4, 0.5) is 26.3 Å². The average molecular weight is 657 g/mol. The van der Waals surface area contributed by atoms with Gasteiger partial charge in [0.05, 0.1) is 12.4 Å². The molecule has 1 aliphatic rings. The summed E-state index contributed by atoms with van der Waals surface area (Å²) in [6.45, 7) is 2.08. The minimum Gasteiger partial charge on any atom is -0.307 e. The van der Waals surface area contributed by atoms with Crippen LogP contribution in [0.1, 0.15) is 22.8 Å². The van der Waals surface area contributed by atoms with Crippen LogP contribution in [-0.4, -0.2) is 67.5 Å². The summed E-state index contributed by atoms with van der Waals surface area (Å²) in [5.41, 5.74) is 1.19. The first-order valence-electron chi connectivity index (χ1n) is 13.3. The van der Waals surface area contributed by atoms with Crippen molar-refractivity contribution >= 4 is 36.9 Å². The van der Waals surface area contributed by atoms with Gasteiger partial charge in [-0.2, -0.15) is 55.3 Å². The molecular weight excluding hydrogens is 630 g/mol. The maximum absolute atomic E-state index is 13.8. The van der Waals surface area contributed by atoms with Crippen LogP contribution in [0.15, 0.2) is 70.9 Å². The van der Waals surface area contributed by atoms with E-state index in [1.54, 1.807) is 60.7 Å². The van der Waals surface area contributed by atoms with E-state index in [2.05, 4.69) is 20.4 Å². The van der Waals surface area contributed by atoms with Crippen LogP contribution in [0.5, 0.6) is 0 Å². The molecule has 0 unspecified atom stereocenters. The van der Waals surface area contributed by atoms with E-state index in [1.165, 1.54) is 12.4 Å². The molecule has 3 heterocycles. The molecular formula is C26H26F6N10S2+2. The third kappa shape index (κ3) is 7.37. The molecule has 0 radical (unpaired) electrons. The molecule has 0 spiro atoms. The largest absolute Gasteiger partial charge is 0.453 e. The van der Waals surface area contributed by atoms with Crippen molar-refractivity contribution in [2.45, 2.75) is 25.7 Å². The van der Waals surface area contributed by atoms with Crippen LogP contribution in [0.2, 0.25) is 0 Å². The van der Waals surface area contributed by atoms with Crippen molar-refractivity contribution in [2.75, 3.05) is 26.2 Å². The molecule has 1 aliphatic heterocycles. The SMILES string of the molecule is FC(F)(F)c1nn(C[NH+]2CC[NH+](Cn3nc(C(F)(F)F)n(/N=C\c4ccccc4)c3=S)CC2)c(=S)n1N=Cc1ccccc1. The van der Waals surface area contributed by atoms with E-state index >= 15 is 0 Å². The third-order valence-electron chi connectivity index (χ3n) is 6.80. The summed E-state index contributed by atoms with van der Waals surface area (Å²) in [7, 11) is 0. The molecule has 232 valence electrons. The number of alkyl halides is 6. The molecule has 0 atom stereocenters. The van der Waals surface area contributed by atoms with Crippen molar-refractivity contribution in [1.29, 1.82) is 0 Å². The van der Waals surface area contributed by atoms with Gasteiger partial charge in [0.25, 0.3) is 11.6 Å². The monoisotopic (exact) mass is 656 g/mol. The Kier molecular flexibility index (Phi) is 9.23. The van der Waals surface area contributed by atoms with Crippen molar-refractivity contribution in [3.63, 3.8) is 0 Å². The predicted molar refractivity (Wildman–Crippen MR) is 152 cm³/mol. The number of rotatable bonds is 8. The Morgan fingerprint density at radius 2 is 0.977 bits per heavy atom. The van der Waals surface area contributed by atoms with Crippen LogP contribution < -0.4 is 9.80 Å². The second-order valence-electron chi connectivity index (χ2n) is 9.96. The lowest BCUT2D eigenvalue weighted by Gasteiger charge is -2.29. The molecule has 18 heteroatoms. The summed E-state index contributed by atoms with van der Waals surface area (Å²) < 4.78 is 85.5. The molecule has 44 heavy (non-hydrogen) atoms. The highest BCUT2D eigenvalue weighted by atomic mass is 32.1. The summed E-state index contributed by atoms with van der Waals surface area (Å²) in [4.78, 5) is 1.79. The number of nitrogens with zero attached hydrogens (tertiary/aromatic N) is 8. The molecule has 0 saturated carbocycles. The maximum atomic E-state index is 13.8. The van der Waals surface area contributed by atoms with Crippen molar-refractivity contribution in [1.82, 2.24) is 28.9 Å². The van der Waals surface area contributed by atoms with Crippen LogP contribution in [-0.2, 0) is 25.7 Å². The number of halogens is 6. The Labute approximate surface area is 256 Å². The normalized spacial score (nSPS) is 18.0. The summed E-state index contributed by atoms with van der Waals surface area (Å²) in [5, 5.41) is 15.3. The smallest absolute Gasteiger partial charge is 0.307 e. The first kappa shape index (κ1) is 31.4. The molecule has 10 nitrogen and oxygen atoms in total. The Bertz CT molecular complexity index is 1620. The third-order valence-corrected chi connectivity index (χ3v) is 7.57. The van der Waals surface area contributed by atoms with Crippen LogP contribution in [0.25, 0.3) is 0 Å². The van der Waals surface area contributed by atoms with E-state index in [9.17, 15) is 26.3 Å². The Balaban J connectivity index is 1.27. The molecule has 5 rings (SSSR count). The Morgan fingerprint density at radius 1 is 0.636 bits per heavy atom. The van der Waals surface area contributed by atoms with Gasteiger partial charge in [0.15, 0.2) is 13.3 Å². The van der Waals surface area contributed by atoms with E-state index in [4.69, 9.17) is 24.4 Å². The minimum atomic E-state index is -4.78.